The van der Waals surface area contributed by atoms with Crippen molar-refractivity contribution in [3.63, 3.8) is 0 Å². The van der Waals surface area contributed by atoms with Crippen LogP contribution in [0.5, 0.6) is 0 Å². The first-order valence-electron chi connectivity index (χ1n) is 8.39. The summed E-state index contributed by atoms with van der Waals surface area (Å²) in [5.74, 6) is -1.79. The van der Waals surface area contributed by atoms with Crippen molar-refractivity contribution in [2.45, 2.75) is 31.1 Å². The Bertz CT molecular complexity index is 843. The number of hydrogen-bond donors (Lipinski definition) is 1. The summed E-state index contributed by atoms with van der Waals surface area (Å²) in [6.45, 7) is 0.304. The number of rotatable bonds is 6. The van der Waals surface area contributed by atoms with Crippen LogP contribution >= 0.6 is 11.8 Å². The minimum atomic E-state index is -1.08. The van der Waals surface area contributed by atoms with E-state index in [1.807, 2.05) is 0 Å². The SMILES string of the molecule is O=C(O)C1=C(CCCCN2C(=O)c3ccccc3C2=O)S[C@@H]2CC(=O)N12. The number of thioether (sulfide) groups is 1. The van der Waals surface area contributed by atoms with Gasteiger partial charge in [0.15, 0.2) is 0 Å². The van der Waals surface area contributed by atoms with E-state index in [9.17, 15) is 24.3 Å². The number of imide groups is 1. The molecule has 1 atom stereocenters. The van der Waals surface area contributed by atoms with Crippen molar-refractivity contribution in [3.05, 3.63) is 46.0 Å². The lowest BCUT2D eigenvalue weighted by Crippen LogP contribution is -2.48. The summed E-state index contributed by atoms with van der Waals surface area (Å²) < 4.78 is 0. The molecule has 1 N–H and O–H groups in total. The zero-order chi connectivity index (χ0) is 18.4. The summed E-state index contributed by atoms with van der Waals surface area (Å²) in [5.41, 5.74) is 0.960. The highest BCUT2D eigenvalue weighted by Crippen LogP contribution is 2.47. The van der Waals surface area contributed by atoms with Crippen molar-refractivity contribution < 1.29 is 24.3 Å². The molecule has 0 aromatic heterocycles. The molecule has 8 heteroatoms. The average molecular weight is 372 g/mol. The van der Waals surface area contributed by atoms with E-state index in [1.54, 1.807) is 24.3 Å². The van der Waals surface area contributed by atoms with Gasteiger partial charge in [-0.05, 0) is 31.4 Å². The van der Waals surface area contributed by atoms with E-state index in [1.165, 1.54) is 21.6 Å². The van der Waals surface area contributed by atoms with E-state index in [0.29, 0.717) is 48.3 Å². The number of allylic oxidation sites excluding steroid dienone is 1. The molecule has 0 aliphatic carbocycles. The minimum Gasteiger partial charge on any atom is -0.477 e. The largest absolute Gasteiger partial charge is 0.477 e. The van der Waals surface area contributed by atoms with Gasteiger partial charge in [-0.15, -0.1) is 11.8 Å². The van der Waals surface area contributed by atoms with Crippen molar-refractivity contribution >= 4 is 35.5 Å². The van der Waals surface area contributed by atoms with Gasteiger partial charge < -0.3 is 5.11 Å². The first-order chi connectivity index (χ1) is 12.5. The number of benzene rings is 1. The third kappa shape index (κ3) is 2.52. The third-order valence-corrected chi connectivity index (χ3v) is 6.14. The zero-order valence-corrected chi connectivity index (χ0v) is 14.6. The highest BCUT2D eigenvalue weighted by molar-refractivity contribution is 8.04. The molecule has 0 unspecified atom stereocenters. The Morgan fingerprint density at radius 3 is 2.35 bits per heavy atom. The molecule has 0 saturated carbocycles. The van der Waals surface area contributed by atoms with Crippen LogP contribution in [0, 0.1) is 0 Å². The number of β-lactam (4-membered cyclic amide) rings is 1. The van der Waals surface area contributed by atoms with Crippen LogP contribution in [-0.2, 0) is 9.59 Å². The van der Waals surface area contributed by atoms with Crippen LogP contribution in [-0.4, -0.2) is 50.5 Å². The van der Waals surface area contributed by atoms with Gasteiger partial charge in [0.25, 0.3) is 11.8 Å². The first-order valence-corrected chi connectivity index (χ1v) is 9.27. The molecule has 3 heterocycles. The van der Waals surface area contributed by atoms with Gasteiger partial charge in [-0.25, -0.2) is 4.79 Å². The highest BCUT2D eigenvalue weighted by Gasteiger charge is 2.48. The van der Waals surface area contributed by atoms with Crippen molar-refractivity contribution in [1.82, 2.24) is 9.80 Å². The Hall–Kier alpha value is -2.61. The summed E-state index contributed by atoms with van der Waals surface area (Å²) >= 11 is 1.43. The number of carboxylic acids is 1. The number of carbonyl (C=O) groups excluding carboxylic acids is 3. The van der Waals surface area contributed by atoms with Gasteiger partial charge in [0.05, 0.1) is 22.9 Å². The fourth-order valence-electron chi connectivity index (χ4n) is 3.50. The number of carboxylic acid groups (broad SMARTS) is 1. The topological polar surface area (TPSA) is 95.0 Å². The Balaban J connectivity index is 1.36. The maximum atomic E-state index is 12.3. The van der Waals surface area contributed by atoms with Gasteiger partial charge in [-0.2, -0.15) is 0 Å². The molecule has 26 heavy (non-hydrogen) atoms. The molecule has 0 bridgehead atoms. The number of nitrogens with zero attached hydrogens (tertiary/aromatic N) is 2. The average Bonchev–Trinajstić information content (AvgIpc) is 3.05. The number of fused-ring (bicyclic) bond motifs is 2. The lowest BCUT2D eigenvalue weighted by atomic mass is 10.1. The number of hydrogen-bond acceptors (Lipinski definition) is 5. The first kappa shape index (κ1) is 16.8. The summed E-state index contributed by atoms with van der Waals surface area (Å²) in [4.78, 5) is 50.9. The molecule has 134 valence electrons. The zero-order valence-electron chi connectivity index (χ0n) is 13.8. The second-order valence-corrected chi connectivity index (χ2v) is 7.65. The van der Waals surface area contributed by atoms with Gasteiger partial charge >= 0.3 is 5.97 Å². The molecule has 3 amide bonds. The molecule has 1 aromatic carbocycles. The third-order valence-electron chi connectivity index (χ3n) is 4.81. The summed E-state index contributed by atoms with van der Waals surface area (Å²) in [6.07, 6.45) is 2.12. The number of amides is 3. The Morgan fingerprint density at radius 2 is 1.77 bits per heavy atom. The molecule has 0 radical (unpaired) electrons. The fourth-order valence-corrected chi connectivity index (χ4v) is 4.94. The van der Waals surface area contributed by atoms with E-state index >= 15 is 0 Å². The molecule has 1 saturated heterocycles. The van der Waals surface area contributed by atoms with Crippen molar-refractivity contribution in [2.24, 2.45) is 0 Å². The van der Waals surface area contributed by atoms with Crippen LogP contribution in [0.3, 0.4) is 0 Å². The van der Waals surface area contributed by atoms with E-state index in [2.05, 4.69) is 0 Å². The Kier molecular flexibility index (Phi) is 4.07. The molecule has 7 nitrogen and oxygen atoms in total. The van der Waals surface area contributed by atoms with E-state index in [-0.39, 0.29) is 28.8 Å². The number of aliphatic carboxylic acids is 1. The Labute approximate surface area is 153 Å². The van der Waals surface area contributed by atoms with Crippen LogP contribution < -0.4 is 0 Å². The monoisotopic (exact) mass is 372 g/mol. The van der Waals surface area contributed by atoms with Crippen molar-refractivity contribution in [1.29, 1.82) is 0 Å². The van der Waals surface area contributed by atoms with Gasteiger partial charge in [0.2, 0.25) is 5.91 Å². The second-order valence-electron chi connectivity index (χ2n) is 6.38. The van der Waals surface area contributed by atoms with Crippen LogP contribution in [0.4, 0.5) is 0 Å². The predicted molar refractivity (Wildman–Crippen MR) is 93.2 cm³/mol. The molecule has 3 aliphatic heterocycles. The molecule has 3 aliphatic rings. The fraction of sp³-hybridized carbons (Fsp3) is 0.333. The second kappa shape index (κ2) is 6.28. The number of carbonyl (C=O) groups is 4. The van der Waals surface area contributed by atoms with Gasteiger partial charge in [0.1, 0.15) is 5.70 Å². The molecule has 1 fully saturated rings. The maximum Gasteiger partial charge on any atom is 0.353 e. The number of unbranched alkanes of at least 4 members (excludes halogenated alkanes) is 1. The van der Waals surface area contributed by atoms with Gasteiger partial charge in [0, 0.05) is 11.4 Å². The quantitative estimate of drug-likeness (QED) is 0.467. The molecule has 4 rings (SSSR count). The summed E-state index contributed by atoms with van der Waals surface area (Å²) in [7, 11) is 0. The van der Waals surface area contributed by atoms with Crippen LogP contribution in [0.15, 0.2) is 34.9 Å². The van der Waals surface area contributed by atoms with E-state index in [4.69, 9.17) is 0 Å². The predicted octanol–water partition coefficient (Wildman–Crippen LogP) is 2.05. The summed E-state index contributed by atoms with van der Waals surface area (Å²) in [5, 5.41) is 9.28. The minimum absolute atomic E-state index is 0.0835. The van der Waals surface area contributed by atoms with Crippen LogP contribution in [0.2, 0.25) is 0 Å². The van der Waals surface area contributed by atoms with Crippen molar-refractivity contribution in [2.75, 3.05) is 6.54 Å². The molecular weight excluding hydrogens is 356 g/mol. The Morgan fingerprint density at radius 1 is 1.12 bits per heavy atom. The standard InChI is InChI=1S/C18H16N2O5S/c21-13-9-14-20(13)15(18(24)25)12(26-14)7-3-4-8-19-16(22)10-5-1-2-6-11(10)17(19)23/h1-2,5-6,14H,3-4,7-9H2,(H,24,25)/t14-/m1/s1. The lowest BCUT2D eigenvalue weighted by molar-refractivity contribution is -0.145. The lowest BCUT2D eigenvalue weighted by Gasteiger charge is -2.33. The highest BCUT2D eigenvalue weighted by atomic mass is 32.2. The maximum absolute atomic E-state index is 12.3. The summed E-state index contributed by atoms with van der Waals surface area (Å²) in [6, 6.07) is 6.76. The van der Waals surface area contributed by atoms with E-state index in [0.717, 1.165) is 0 Å². The van der Waals surface area contributed by atoms with Gasteiger partial charge in [-0.3, -0.25) is 24.2 Å². The normalized spacial score (nSPS) is 21.2. The van der Waals surface area contributed by atoms with Crippen molar-refractivity contribution in [3.8, 4) is 0 Å². The smallest absolute Gasteiger partial charge is 0.353 e. The van der Waals surface area contributed by atoms with Crippen LogP contribution in [0.25, 0.3) is 0 Å². The van der Waals surface area contributed by atoms with E-state index < -0.39 is 5.97 Å². The molecular formula is C18H16N2O5S. The molecule has 0 spiro atoms. The van der Waals surface area contributed by atoms with Gasteiger partial charge in [-0.1, -0.05) is 12.1 Å². The molecule has 1 aromatic rings. The van der Waals surface area contributed by atoms with Crippen LogP contribution in [0.1, 0.15) is 46.4 Å².